The number of hydrogen-bond donors (Lipinski definition) is 0. The summed E-state index contributed by atoms with van der Waals surface area (Å²) in [4.78, 5) is 4.56. The van der Waals surface area contributed by atoms with E-state index < -0.39 is 0 Å². The smallest absolute Gasteiger partial charge is 0.119 e. The third-order valence-electron chi connectivity index (χ3n) is 9.00. The second-order valence-corrected chi connectivity index (χ2v) is 12.8. The zero-order chi connectivity index (χ0) is 32.8. The number of nitrogens with zero attached hydrogens (tertiary/aromatic N) is 1. The van der Waals surface area contributed by atoms with Crippen LogP contribution in [0.15, 0.2) is 109 Å². The molecule has 0 aliphatic carbocycles. The standard InChI is InChI=1S/C44H50NO2.Ir/c1-5-8-13-33(4)31-46-42-22-18-35(19-23-42)39-28-40(36-20-24-43(25-21-36)47-32-34(7-3)14-9-6-2)30-41(29-39)37-15-12-16-38(27-37)44-17-10-11-26-45-44;/h10-12,15,17-30,33-34H,5-9,13-14,31-32H2,1-4H3;/q-1;. The summed E-state index contributed by atoms with van der Waals surface area (Å²) in [6, 6.07) is 39.6. The molecule has 0 aliphatic heterocycles. The molecular formula is C44H50IrNO2-. The molecule has 2 atom stereocenters. The fourth-order valence-corrected chi connectivity index (χ4v) is 5.92. The molecule has 3 nitrogen and oxygen atoms in total. The first-order valence-corrected chi connectivity index (χ1v) is 17.6. The van der Waals surface area contributed by atoms with Gasteiger partial charge in [-0.3, -0.25) is 0 Å². The van der Waals surface area contributed by atoms with E-state index in [0.717, 1.165) is 75.8 Å². The summed E-state index contributed by atoms with van der Waals surface area (Å²) >= 11 is 0. The summed E-state index contributed by atoms with van der Waals surface area (Å²) in [6.07, 6.45) is 10.4. The van der Waals surface area contributed by atoms with Crippen molar-refractivity contribution >= 4 is 0 Å². The van der Waals surface area contributed by atoms with Crippen LogP contribution in [0.25, 0.3) is 44.6 Å². The van der Waals surface area contributed by atoms with Crippen LogP contribution >= 0.6 is 0 Å². The van der Waals surface area contributed by atoms with Gasteiger partial charge in [0.15, 0.2) is 0 Å². The molecule has 1 radical (unpaired) electrons. The van der Waals surface area contributed by atoms with E-state index in [9.17, 15) is 0 Å². The summed E-state index contributed by atoms with van der Waals surface area (Å²) in [5.74, 6) is 3.01. The molecule has 253 valence electrons. The molecular weight excluding hydrogens is 767 g/mol. The first-order chi connectivity index (χ1) is 23.1. The largest absolute Gasteiger partial charge is 0.493 e. The summed E-state index contributed by atoms with van der Waals surface area (Å²) in [7, 11) is 0. The molecule has 4 heteroatoms. The Kier molecular flexibility index (Phi) is 14.9. The van der Waals surface area contributed by atoms with Crippen molar-refractivity contribution in [3.8, 4) is 56.1 Å². The van der Waals surface area contributed by atoms with E-state index in [4.69, 9.17) is 9.47 Å². The first kappa shape index (κ1) is 37.1. The molecule has 0 spiro atoms. The Morgan fingerprint density at radius 1 is 0.625 bits per heavy atom. The Labute approximate surface area is 302 Å². The van der Waals surface area contributed by atoms with Crippen LogP contribution in [0.1, 0.15) is 72.6 Å². The van der Waals surface area contributed by atoms with Crippen molar-refractivity contribution in [1.29, 1.82) is 0 Å². The SMILES string of the molecule is CCCCC(C)COc1ccc(-c2cc(-c3ccc(OCC(CC)CCCC)cc3)cc(-c3cc[c-]c(-c4ccccn4)c3)c2)cc1.[Ir]. The minimum absolute atomic E-state index is 0. The molecule has 5 aromatic rings. The molecule has 1 heterocycles. The molecule has 0 N–H and O–H groups in total. The third kappa shape index (κ3) is 10.6. The van der Waals surface area contributed by atoms with Crippen molar-refractivity contribution in [2.75, 3.05) is 13.2 Å². The Bertz CT molecular complexity index is 1650. The van der Waals surface area contributed by atoms with Gasteiger partial charge in [0.1, 0.15) is 11.5 Å². The topological polar surface area (TPSA) is 31.4 Å². The van der Waals surface area contributed by atoms with Crippen LogP contribution in [-0.4, -0.2) is 18.2 Å². The monoisotopic (exact) mass is 817 g/mol. The van der Waals surface area contributed by atoms with Crippen molar-refractivity contribution in [2.24, 2.45) is 11.8 Å². The molecule has 48 heavy (non-hydrogen) atoms. The zero-order valence-electron chi connectivity index (χ0n) is 29.0. The fourth-order valence-electron chi connectivity index (χ4n) is 5.92. The molecule has 4 aromatic carbocycles. The third-order valence-corrected chi connectivity index (χ3v) is 9.00. The van der Waals surface area contributed by atoms with E-state index in [2.05, 4.69) is 118 Å². The summed E-state index contributed by atoms with van der Waals surface area (Å²) in [5, 5.41) is 0. The fraction of sp³-hybridized carbons (Fsp3) is 0.341. The van der Waals surface area contributed by atoms with Crippen LogP contribution in [0.2, 0.25) is 0 Å². The van der Waals surface area contributed by atoms with Gasteiger partial charge in [-0.25, -0.2) is 0 Å². The van der Waals surface area contributed by atoms with Crippen LogP contribution in [-0.2, 0) is 20.1 Å². The summed E-state index contributed by atoms with van der Waals surface area (Å²) in [6.45, 7) is 10.5. The van der Waals surface area contributed by atoms with Crippen LogP contribution < -0.4 is 9.47 Å². The average Bonchev–Trinajstić information content (AvgIpc) is 3.14. The van der Waals surface area contributed by atoms with Crippen LogP contribution in [0.3, 0.4) is 0 Å². The van der Waals surface area contributed by atoms with Crippen LogP contribution in [0, 0.1) is 17.9 Å². The minimum Gasteiger partial charge on any atom is -0.493 e. The molecule has 5 rings (SSSR count). The van der Waals surface area contributed by atoms with Gasteiger partial charge in [-0.15, -0.1) is 35.4 Å². The molecule has 1 aromatic heterocycles. The predicted octanol–water partition coefficient (Wildman–Crippen LogP) is 12.3. The van der Waals surface area contributed by atoms with Gasteiger partial charge in [-0.2, -0.15) is 0 Å². The summed E-state index contributed by atoms with van der Waals surface area (Å²) in [5.41, 5.74) is 8.82. The van der Waals surface area contributed by atoms with Crippen LogP contribution in [0.5, 0.6) is 11.5 Å². The molecule has 0 bridgehead atoms. The van der Waals surface area contributed by atoms with Gasteiger partial charge in [0.05, 0.1) is 13.2 Å². The van der Waals surface area contributed by atoms with E-state index >= 15 is 0 Å². The maximum Gasteiger partial charge on any atom is 0.119 e. The van der Waals surface area contributed by atoms with Crippen molar-refractivity contribution in [1.82, 2.24) is 4.98 Å². The van der Waals surface area contributed by atoms with Crippen molar-refractivity contribution in [3.05, 3.63) is 115 Å². The van der Waals surface area contributed by atoms with Gasteiger partial charge in [0, 0.05) is 26.3 Å². The van der Waals surface area contributed by atoms with Gasteiger partial charge in [-0.05, 0) is 107 Å². The van der Waals surface area contributed by atoms with E-state index in [0.29, 0.717) is 11.8 Å². The van der Waals surface area contributed by atoms with Crippen LogP contribution in [0.4, 0.5) is 0 Å². The number of benzene rings is 4. The number of hydrogen-bond acceptors (Lipinski definition) is 3. The number of aromatic nitrogens is 1. The Morgan fingerprint density at radius 2 is 1.21 bits per heavy atom. The molecule has 0 saturated heterocycles. The van der Waals surface area contributed by atoms with Gasteiger partial charge in [0.25, 0.3) is 0 Å². The van der Waals surface area contributed by atoms with E-state index in [1.165, 1.54) is 38.5 Å². The van der Waals surface area contributed by atoms with Crippen molar-refractivity contribution < 1.29 is 29.6 Å². The number of pyridine rings is 1. The maximum absolute atomic E-state index is 6.23. The molecule has 0 amide bonds. The zero-order valence-corrected chi connectivity index (χ0v) is 31.4. The second-order valence-electron chi connectivity index (χ2n) is 12.8. The van der Waals surface area contributed by atoms with Crippen molar-refractivity contribution in [3.63, 3.8) is 0 Å². The minimum atomic E-state index is 0. The Hall–Kier alpha value is -3.72. The predicted molar refractivity (Wildman–Crippen MR) is 198 cm³/mol. The number of unbranched alkanes of at least 4 members (excludes halogenated alkanes) is 2. The molecule has 0 saturated carbocycles. The Balaban J connectivity index is 0.00000520. The van der Waals surface area contributed by atoms with Gasteiger partial charge in [0.2, 0.25) is 0 Å². The molecule has 2 unspecified atom stereocenters. The van der Waals surface area contributed by atoms with E-state index in [1.807, 2.05) is 30.5 Å². The number of ether oxygens (including phenoxy) is 2. The number of rotatable bonds is 17. The van der Waals surface area contributed by atoms with Gasteiger partial charge >= 0.3 is 0 Å². The molecule has 0 fully saturated rings. The van der Waals surface area contributed by atoms with E-state index in [1.54, 1.807) is 0 Å². The molecule has 0 aliphatic rings. The van der Waals surface area contributed by atoms with Gasteiger partial charge in [-0.1, -0.05) is 96.2 Å². The quantitative estimate of drug-likeness (QED) is 0.0876. The average molecular weight is 817 g/mol. The van der Waals surface area contributed by atoms with Gasteiger partial charge < -0.3 is 14.5 Å². The normalized spacial score (nSPS) is 12.2. The second kappa shape index (κ2) is 19.3. The first-order valence-electron chi connectivity index (χ1n) is 17.6. The van der Waals surface area contributed by atoms with E-state index in [-0.39, 0.29) is 20.1 Å². The Morgan fingerprint density at radius 3 is 1.77 bits per heavy atom. The summed E-state index contributed by atoms with van der Waals surface area (Å²) < 4.78 is 12.4. The van der Waals surface area contributed by atoms with Crippen molar-refractivity contribution in [2.45, 2.75) is 72.6 Å². The maximum atomic E-state index is 6.23.